The Morgan fingerprint density at radius 3 is 2.75 bits per heavy atom. The number of carbonyl (C=O) groups is 1. The Morgan fingerprint density at radius 1 is 1.45 bits per heavy atom. The van der Waals surface area contributed by atoms with Gasteiger partial charge in [-0.15, -0.1) is 0 Å². The number of amides is 2. The smallest absolute Gasteiger partial charge is 0.317 e. The van der Waals surface area contributed by atoms with E-state index in [9.17, 15) is 4.79 Å². The number of carbonyl (C=O) groups excluding carboxylic acids is 1. The number of hydrogen-bond donors (Lipinski definition) is 1. The van der Waals surface area contributed by atoms with E-state index in [0.29, 0.717) is 19.2 Å². The number of rotatable bonds is 5. The molecule has 0 heterocycles. The number of hydrogen-bond acceptors (Lipinski definition) is 2. The molecule has 0 unspecified atom stereocenters. The zero-order valence-electron chi connectivity index (χ0n) is 12.6. The predicted octanol–water partition coefficient (Wildman–Crippen LogP) is 3.09. The lowest BCUT2D eigenvalue weighted by Gasteiger charge is -2.34. The Bertz CT molecular complexity index is 470. The molecule has 20 heavy (non-hydrogen) atoms. The zero-order valence-corrected chi connectivity index (χ0v) is 12.6. The summed E-state index contributed by atoms with van der Waals surface area (Å²) in [6.45, 7) is 5.23. The molecule has 0 aliphatic heterocycles. The third kappa shape index (κ3) is 3.44. The van der Waals surface area contributed by atoms with Crippen LogP contribution in [0.3, 0.4) is 0 Å². The van der Waals surface area contributed by atoms with Crippen LogP contribution in [-0.4, -0.2) is 30.6 Å². The molecule has 0 atom stereocenters. The third-order valence-corrected chi connectivity index (χ3v) is 3.93. The molecule has 4 nitrogen and oxygen atoms in total. The first-order chi connectivity index (χ1) is 9.61. The van der Waals surface area contributed by atoms with Crippen LogP contribution in [0.4, 0.5) is 4.79 Å². The second kappa shape index (κ2) is 6.64. The van der Waals surface area contributed by atoms with Gasteiger partial charge < -0.3 is 15.0 Å². The number of nitrogens with zero attached hydrogens (tertiary/aromatic N) is 1. The predicted molar refractivity (Wildman–Crippen MR) is 80.0 cm³/mol. The topological polar surface area (TPSA) is 41.6 Å². The van der Waals surface area contributed by atoms with Crippen LogP contribution in [0.1, 0.15) is 37.3 Å². The van der Waals surface area contributed by atoms with E-state index in [4.69, 9.17) is 4.74 Å². The van der Waals surface area contributed by atoms with Gasteiger partial charge in [0.15, 0.2) is 0 Å². The summed E-state index contributed by atoms with van der Waals surface area (Å²) in [6, 6.07) is 6.48. The van der Waals surface area contributed by atoms with E-state index in [1.165, 1.54) is 6.42 Å². The molecule has 110 valence electrons. The van der Waals surface area contributed by atoms with Crippen LogP contribution in [0.25, 0.3) is 0 Å². The van der Waals surface area contributed by atoms with Gasteiger partial charge >= 0.3 is 6.03 Å². The highest BCUT2D eigenvalue weighted by Gasteiger charge is 2.25. The van der Waals surface area contributed by atoms with E-state index in [2.05, 4.69) is 11.4 Å². The lowest BCUT2D eigenvalue weighted by atomic mass is 9.92. The van der Waals surface area contributed by atoms with Crippen molar-refractivity contribution < 1.29 is 9.53 Å². The maximum Gasteiger partial charge on any atom is 0.317 e. The van der Waals surface area contributed by atoms with Gasteiger partial charge in [-0.2, -0.15) is 0 Å². The molecule has 0 bridgehead atoms. The fourth-order valence-electron chi connectivity index (χ4n) is 2.38. The molecule has 1 aromatic carbocycles. The highest BCUT2D eigenvalue weighted by atomic mass is 16.5. The Labute approximate surface area is 121 Å². The summed E-state index contributed by atoms with van der Waals surface area (Å²) in [7, 11) is 1.88. The van der Waals surface area contributed by atoms with Crippen molar-refractivity contribution in [2.24, 2.45) is 0 Å². The summed E-state index contributed by atoms with van der Waals surface area (Å²) in [6.07, 6.45) is 3.50. The highest BCUT2D eigenvalue weighted by molar-refractivity contribution is 5.74. The summed E-state index contributed by atoms with van der Waals surface area (Å²) in [5.41, 5.74) is 2.20. The van der Waals surface area contributed by atoms with Gasteiger partial charge in [0.2, 0.25) is 0 Å². The van der Waals surface area contributed by atoms with Gasteiger partial charge in [0.1, 0.15) is 5.75 Å². The van der Waals surface area contributed by atoms with Gasteiger partial charge in [0.05, 0.1) is 6.61 Å². The van der Waals surface area contributed by atoms with Crippen molar-refractivity contribution in [2.75, 3.05) is 13.7 Å². The second-order valence-electron chi connectivity index (χ2n) is 5.39. The maximum atomic E-state index is 12.0. The fraction of sp³-hybridized carbons (Fsp3) is 0.562. The zero-order chi connectivity index (χ0) is 14.5. The first kappa shape index (κ1) is 14.7. The molecule has 1 aliphatic rings. The van der Waals surface area contributed by atoms with E-state index in [1.807, 2.05) is 37.9 Å². The Kier molecular flexibility index (Phi) is 4.88. The second-order valence-corrected chi connectivity index (χ2v) is 5.39. The molecular weight excluding hydrogens is 252 g/mol. The summed E-state index contributed by atoms with van der Waals surface area (Å²) >= 11 is 0. The molecule has 1 N–H and O–H groups in total. The van der Waals surface area contributed by atoms with Crippen LogP contribution in [0.5, 0.6) is 5.75 Å². The molecule has 0 saturated heterocycles. The summed E-state index contributed by atoms with van der Waals surface area (Å²) in [4.78, 5) is 13.8. The normalized spacial score (nSPS) is 14.6. The number of nitrogens with one attached hydrogen (secondary N) is 1. The number of benzene rings is 1. The van der Waals surface area contributed by atoms with Gasteiger partial charge in [-0.3, -0.25) is 0 Å². The van der Waals surface area contributed by atoms with E-state index < -0.39 is 0 Å². The Morgan fingerprint density at radius 2 is 2.20 bits per heavy atom. The van der Waals surface area contributed by atoms with E-state index in [1.54, 1.807) is 0 Å². The van der Waals surface area contributed by atoms with Crippen LogP contribution in [0, 0.1) is 6.92 Å². The standard InChI is InChI=1S/C16H24N2O2/c1-4-20-15-9-8-13(10-12(15)2)11-17-16(19)18(3)14-6-5-7-14/h8-10,14H,4-7,11H2,1-3H3,(H,17,19). The van der Waals surface area contributed by atoms with Gasteiger partial charge in [-0.1, -0.05) is 12.1 Å². The minimum Gasteiger partial charge on any atom is -0.494 e. The van der Waals surface area contributed by atoms with Crippen molar-refractivity contribution in [3.05, 3.63) is 29.3 Å². The molecule has 2 amide bonds. The fourth-order valence-corrected chi connectivity index (χ4v) is 2.38. The minimum absolute atomic E-state index is 0.0150. The maximum absolute atomic E-state index is 12.0. The van der Waals surface area contributed by atoms with Gasteiger partial charge in [-0.25, -0.2) is 4.79 Å². The largest absolute Gasteiger partial charge is 0.494 e. The first-order valence-corrected chi connectivity index (χ1v) is 7.34. The van der Waals surface area contributed by atoms with Gasteiger partial charge in [-0.05, 0) is 50.3 Å². The third-order valence-electron chi connectivity index (χ3n) is 3.93. The molecule has 0 spiro atoms. The SMILES string of the molecule is CCOc1ccc(CNC(=O)N(C)C2CCC2)cc1C. The van der Waals surface area contributed by atoms with Crippen LogP contribution in [0.2, 0.25) is 0 Å². The first-order valence-electron chi connectivity index (χ1n) is 7.34. The molecular formula is C16H24N2O2. The molecule has 1 aliphatic carbocycles. The monoisotopic (exact) mass is 276 g/mol. The summed E-state index contributed by atoms with van der Waals surface area (Å²) in [5, 5.41) is 2.97. The highest BCUT2D eigenvalue weighted by Crippen LogP contribution is 2.23. The van der Waals surface area contributed by atoms with E-state index >= 15 is 0 Å². The average molecular weight is 276 g/mol. The van der Waals surface area contributed by atoms with Crippen LogP contribution >= 0.6 is 0 Å². The Balaban J connectivity index is 1.87. The number of urea groups is 1. The average Bonchev–Trinajstić information content (AvgIpc) is 2.37. The number of ether oxygens (including phenoxy) is 1. The Hall–Kier alpha value is -1.71. The van der Waals surface area contributed by atoms with Crippen molar-refractivity contribution in [1.82, 2.24) is 10.2 Å². The molecule has 0 radical (unpaired) electrons. The molecule has 4 heteroatoms. The quantitative estimate of drug-likeness (QED) is 0.898. The summed E-state index contributed by atoms with van der Waals surface area (Å²) in [5.74, 6) is 0.911. The van der Waals surface area contributed by atoms with E-state index in [-0.39, 0.29) is 6.03 Å². The lowest BCUT2D eigenvalue weighted by Crippen LogP contribution is -2.46. The molecule has 1 fully saturated rings. The molecule has 2 rings (SSSR count). The van der Waals surface area contributed by atoms with Crippen LogP contribution in [-0.2, 0) is 6.54 Å². The van der Waals surface area contributed by atoms with Crippen molar-refractivity contribution in [3.8, 4) is 5.75 Å². The number of aryl methyl sites for hydroxylation is 1. The van der Waals surface area contributed by atoms with Crippen LogP contribution in [0.15, 0.2) is 18.2 Å². The lowest BCUT2D eigenvalue weighted by molar-refractivity contribution is 0.157. The van der Waals surface area contributed by atoms with Crippen molar-refractivity contribution in [3.63, 3.8) is 0 Å². The molecule has 0 aromatic heterocycles. The van der Waals surface area contributed by atoms with Crippen LogP contribution < -0.4 is 10.1 Å². The van der Waals surface area contributed by atoms with Crippen molar-refractivity contribution >= 4 is 6.03 Å². The van der Waals surface area contributed by atoms with Crippen molar-refractivity contribution in [1.29, 1.82) is 0 Å². The minimum atomic E-state index is 0.0150. The van der Waals surface area contributed by atoms with Gasteiger partial charge in [0.25, 0.3) is 0 Å². The molecule has 1 aromatic rings. The van der Waals surface area contributed by atoms with Gasteiger partial charge in [0, 0.05) is 19.6 Å². The van der Waals surface area contributed by atoms with Crippen molar-refractivity contribution in [2.45, 2.75) is 45.7 Å². The summed E-state index contributed by atoms with van der Waals surface area (Å²) < 4.78 is 5.51. The molecule has 1 saturated carbocycles. The van der Waals surface area contributed by atoms with E-state index in [0.717, 1.165) is 29.7 Å².